The minimum absolute atomic E-state index is 0.271. The molecule has 1 saturated heterocycles. The molecule has 0 radical (unpaired) electrons. The molecule has 0 unspecified atom stereocenters. The Balaban J connectivity index is 2.22. The van der Waals surface area contributed by atoms with E-state index in [-0.39, 0.29) is 11.8 Å². The number of ether oxygens (including phenoxy) is 1. The number of nitrogens with zero attached hydrogens (tertiary/aromatic N) is 2. The molecular weight excluding hydrogens is 340 g/mol. The van der Waals surface area contributed by atoms with Gasteiger partial charge in [0.25, 0.3) is 5.91 Å². The minimum atomic E-state index is -1.07. The highest BCUT2D eigenvalue weighted by atomic mass is 16.6. The van der Waals surface area contributed by atoms with Gasteiger partial charge in [-0.3, -0.25) is 9.79 Å². The van der Waals surface area contributed by atoms with Gasteiger partial charge in [-0.15, -0.1) is 0 Å². The molecule has 0 aliphatic carbocycles. The van der Waals surface area contributed by atoms with Crippen LogP contribution in [0.25, 0.3) is 0 Å². The van der Waals surface area contributed by atoms with E-state index in [1.165, 1.54) is 4.90 Å². The Hall–Kier alpha value is -2.95. The average molecular weight is 364 g/mol. The van der Waals surface area contributed by atoms with E-state index >= 15 is 0 Å². The summed E-state index contributed by atoms with van der Waals surface area (Å²) >= 11 is 0. The Kier molecular flexibility index (Phi) is 5.13. The molecule has 2 aliphatic rings. The van der Waals surface area contributed by atoms with Crippen LogP contribution < -0.4 is 0 Å². The lowest BCUT2D eigenvalue weighted by Gasteiger charge is -2.36. The van der Waals surface area contributed by atoms with Gasteiger partial charge in [-0.05, 0) is 30.1 Å². The lowest BCUT2D eigenvalue weighted by Crippen LogP contribution is -2.55. The zero-order valence-electron chi connectivity index (χ0n) is 15.9. The fourth-order valence-electron chi connectivity index (χ4n) is 3.45. The molecule has 2 aliphatic heterocycles. The highest BCUT2D eigenvalue weighted by Gasteiger charge is 2.58. The number of rotatable bonds is 5. The number of aliphatic imine (C=N–C) groups is 1. The summed E-state index contributed by atoms with van der Waals surface area (Å²) in [7, 11) is 0. The number of cyclic esters (lactones) is 1. The minimum Gasteiger partial charge on any atom is -0.392 e. The standard InChI is InChI=1S/C22H24N2O3/c1-5-17-13-22(12-16-10-8-7-9-11-16)20(23-14-15(3)4)27-21(26)24(22)19(25)18(17)6-2/h5-11,13,15H,1,12,14H2,2-4H3/b18-6+,23-20?/t22-/m0/s1. The lowest BCUT2D eigenvalue weighted by atomic mass is 9.82. The molecule has 0 bridgehead atoms. The van der Waals surface area contributed by atoms with Crippen molar-refractivity contribution < 1.29 is 14.3 Å². The van der Waals surface area contributed by atoms with Gasteiger partial charge in [-0.1, -0.05) is 62.9 Å². The first kappa shape index (κ1) is 18.8. The zero-order chi connectivity index (χ0) is 19.6. The van der Waals surface area contributed by atoms with Crippen LogP contribution >= 0.6 is 0 Å². The molecular formula is C22H24N2O3. The third kappa shape index (κ3) is 3.25. The molecule has 5 nitrogen and oxygen atoms in total. The molecule has 2 heterocycles. The molecule has 140 valence electrons. The van der Waals surface area contributed by atoms with Crippen LogP contribution in [0.4, 0.5) is 4.79 Å². The van der Waals surface area contributed by atoms with Crippen molar-refractivity contribution >= 4 is 17.9 Å². The molecule has 1 aromatic carbocycles. The van der Waals surface area contributed by atoms with Crippen molar-refractivity contribution in [2.24, 2.45) is 10.9 Å². The van der Waals surface area contributed by atoms with E-state index in [1.807, 2.05) is 50.3 Å². The van der Waals surface area contributed by atoms with Crippen molar-refractivity contribution in [1.29, 1.82) is 0 Å². The van der Waals surface area contributed by atoms with E-state index in [0.717, 1.165) is 5.56 Å². The first-order valence-electron chi connectivity index (χ1n) is 9.10. The van der Waals surface area contributed by atoms with Crippen molar-refractivity contribution in [2.75, 3.05) is 6.54 Å². The summed E-state index contributed by atoms with van der Waals surface area (Å²) in [6.07, 6.45) is 4.93. The normalized spacial score (nSPS) is 25.0. The molecule has 2 amide bonds. The smallest absolute Gasteiger partial charge is 0.392 e. The number of allylic oxidation sites excluding steroid dienone is 2. The van der Waals surface area contributed by atoms with Gasteiger partial charge in [-0.2, -0.15) is 0 Å². The van der Waals surface area contributed by atoms with Gasteiger partial charge < -0.3 is 4.74 Å². The Bertz CT molecular complexity index is 865. The third-order valence-corrected chi connectivity index (χ3v) is 4.70. The van der Waals surface area contributed by atoms with Gasteiger partial charge in [0, 0.05) is 18.5 Å². The number of hydrogen-bond donors (Lipinski definition) is 0. The summed E-state index contributed by atoms with van der Waals surface area (Å²) in [4.78, 5) is 31.5. The van der Waals surface area contributed by atoms with Crippen molar-refractivity contribution in [1.82, 2.24) is 4.90 Å². The molecule has 1 aromatic rings. The average Bonchev–Trinajstić information content (AvgIpc) is 2.92. The van der Waals surface area contributed by atoms with Crippen molar-refractivity contribution in [2.45, 2.75) is 32.7 Å². The summed E-state index contributed by atoms with van der Waals surface area (Å²) in [5, 5.41) is 0. The zero-order valence-corrected chi connectivity index (χ0v) is 15.9. The molecule has 27 heavy (non-hydrogen) atoms. The number of carbonyl (C=O) groups excluding carboxylic acids is 2. The van der Waals surface area contributed by atoms with E-state index in [9.17, 15) is 9.59 Å². The monoisotopic (exact) mass is 364 g/mol. The predicted octanol–water partition coefficient (Wildman–Crippen LogP) is 4.07. The Morgan fingerprint density at radius 2 is 1.96 bits per heavy atom. The second-order valence-corrected chi connectivity index (χ2v) is 7.14. The van der Waals surface area contributed by atoms with Gasteiger partial charge in [0.15, 0.2) is 5.54 Å². The van der Waals surface area contributed by atoms with Crippen LogP contribution in [0.3, 0.4) is 0 Å². The van der Waals surface area contributed by atoms with E-state index in [1.54, 1.807) is 19.1 Å². The van der Waals surface area contributed by atoms with Crippen LogP contribution in [-0.2, 0) is 16.0 Å². The van der Waals surface area contributed by atoms with E-state index < -0.39 is 11.6 Å². The number of hydrogen-bond acceptors (Lipinski definition) is 4. The molecule has 1 fully saturated rings. The first-order chi connectivity index (χ1) is 12.9. The quantitative estimate of drug-likeness (QED) is 0.740. The molecule has 5 heteroatoms. The SMILES string of the molecule is C=CC1=C[C@@]2(Cc3ccccc3)C(=NCC(C)C)OC(=O)N2C(=O)/C1=C/C. The maximum absolute atomic E-state index is 13.1. The molecule has 0 aromatic heterocycles. The van der Waals surface area contributed by atoms with Crippen molar-refractivity contribution in [3.63, 3.8) is 0 Å². The number of fused-ring (bicyclic) bond motifs is 1. The Morgan fingerprint density at radius 3 is 2.56 bits per heavy atom. The third-order valence-electron chi connectivity index (χ3n) is 4.70. The van der Waals surface area contributed by atoms with Gasteiger partial charge in [0.1, 0.15) is 0 Å². The topological polar surface area (TPSA) is 59.0 Å². The molecule has 3 rings (SSSR count). The highest BCUT2D eigenvalue weighted by molar-refractivity contribution is 6.18. The molecule has 0 N–H and O–H groups in total. The Labute approximate surface area is 159 Å². The summed E-state index contributed by atoms with van der Waals surface area (Å²) in [5.74, 6) is 0.186. The number of benzene rings is 1. The second kappa shape index (κ2) is 7.35. The van der Waals surface area contributed by atoms with Gasteiger partial charge >= 0.3 is 6.09 Å². The fraction of sp³-hybridized carbons (Fsp3) is 0.318. The van der Waals surface area contributed by atoms with Crippen molar-refractivity contribution in [3.05, 3.63) is 71.8 Å². The number of imide groups is 1. The van der Waals surface area contributed by atoms with Crippen LogP contribution in [0.15, 0.2) is 71.3 Å². The maximum atomic E-state index is 13.1. The van der Waals surface area contributed by atoms with E-state index in [2.05, 4.69) is 11.6 Å². The van der Waals surface area contributed by atoms with Crippen molar-refractivity contribution in [3.8, 4) is 0 Å². The summed E-state index contributed by atoms with van der Waals surface area (Å²) < 4.78 is 5.50. The predicted molar refractivity (Wildman–Crippen MR) is 105 cm³/mol. The van der Waals surface area contributed by atoms with Gasteiger partial charge in [0.05, 0.1) is 0 Å². The lowest BCUT2D eigenvalue weighted by molar-refractivity contribution is -0.126. The summed E-state index contributed by atoms with van der Waals surface area (Å²) in [5.41, 5.74) is 1.04. The molecule has 0 spiro atoms. The van der Waals surface area contributed by atoms with Gasteiger partial charge in [-0.25, -0.2) is 9.69 Å². The van der Waals surface area contributed by atoms with E-state index in [4.69, 9.17) is 4.74 Å². The van der Waals surface area contributed by atoms with Crippen LogP contribution in [-0.4, -0.2) is 34.9 Å². The fourth-order valence-corrected chi connectivity index (χ4v) is 3.45. The maximum Gasteiger partial charge on any atom is 0.424 e. The number of carbonyl (C=O) groups is 2. The van der Waals surface area contributed by atoms with Crippen LogP contribution in [0.1, 0.15) is 26.3 Å². The number of amides is 2. The van der Waals surface area contributed by atoms with Crippen LogP contribution in [0.2, 0.25) is 0 Å². The Morgan fingerprint density at radius 1 is 1.26 bits per heavy atom. The van der Waals surface area contributed by atoms with Crippen LogP contribution in [0, 0.1) is 5.92 Å². The molecule has 0 saturated carbocycles. The first-order valence-corrected chi connectivity index (χ1v) is 9.10. The summed E-state index contributed by atoms with van der Waals surface area (Å²) in [6, 6.07) is 9.72. The van der Waals surface area contributed by atoms with E-state index in [0.29, 0.717) is 30.0 Å². The highest BCUT2D eigenvalue weighted by Crippen LogP contribution is 2.40. The summed E-state index contributed by atoms with van der Waals surface area (Å²) in [6.45, 7) is 10.2. The van der Waals surface area contributed by atoms with Gasteiger partial charge in [0.2, 0.25) is 5.90 Å². The molecule has 1 atom stereocenters. The van der Waals surface area contributed by atoms with Crippen LogP contribution in [0.5, 0.6) is 0 Å². The second-order valence-electron chi connectivity index (χ2n) is 7.14. The largest absolute Gasteiger partial charge is 0.424 e.